The van der Waals surface area contributed by atoms with Crippen LogP contribution in [0, 0.1) is 5.41 Å². The maximum absolute atomic E-state index is 11.8. The summed E-state index contributed by atoms with van der Waals surface area (Å²) in [6.07, 6.45) is 1.58. The van der Waals surface area contributed by atoms with Gasteiger partial charge in [0.25, 0.3) is 0 Å². The Labute approximate surface area is 108 Å². The van der Waals surface area contributed by atoms with Crippen molar-refractivity contribution in [1.29, 1.82) is 0 Å². The SMILES string of the molecule is C=CC(C)(COCc1ccccc1)C(=O)OCC. The summed E-state index contributed by atoms with van der Waals surface area (Å²) in [6.45, 7) is 8.34. The van der Waals surface area contributed by atoms with E-state index in [0.29, 0.717) is 13.2 Å². The predicted octanol–water partition coefficient (Wildman–Crippen LogP) is 2.96. The van der Waals surface area contributed by atoms with E-state index in [1.54, 1.807) is 19.9 Å². The van der Waals surface area contributed by atoms with Crippen molar-refractivity contribution in [3.05, 3.63) is 48.6 Å². The van der Waals surface area contributed by atoms with Crippen molar-refractivity contribution in [1.82, 2.24) is 0 Å². The lowest BCUT2D eigenvalue weighted by molar-refractivity contribution is -0.154. The molecule has 0 N–H and O–H groups in total. The van der Waals surface area contributed by atoms with Gasteiger partial charge in [0.05, 0.1) is 19.8 Å². The zero-order chi connectivity index (χ0) is 13.4. The zero-order valence-electron chi connectivity index (χ0n) is 11.0. The standard InChI is InChI=1S/C15H20O3/c1-4-15(3,14(16)18-5-2)12-17-11-13-9-7-6-8-10-13/h4,6-10H,1,5,11-12H2,2-3H3. The van der Waals surface area contributed by atoms with E-state index in [9.17, 15) is 4.79 Å². The summed E-state index contributed by atoms with van der Waals surface area (Å²) >= 11 is 0. The summed E-state index contributed by atoms with van der Waals surface area (Å²) in [6, 6.07) is 9.83. The van der Waals surface area contributed by atoms with Crippen molar-refractivity contribution in [2.45, 2.75) is 20.5 Å². The Morgan fingerprint density at radius 2 is 2.06 bits per heavy atom. The summed E-state index contributed by atoms with van der Waals surface area (Å²) in [5.74, 6) is -0.298. The van der Waals surface area contributed by atoms with Crippen molar-refractivity contribution in [2.75, 3.05) is 13.2 Å². The molecular weight excluding hydrogens is 228 g/mol. The van der Waals surface area contributed by atoms with Gasteiger partial charge in [-0.25, -0.2) is 0 Å². The van der Waals surface area contributed by atoms with Gasteiger partial charge in [-0.1, -0.05) is 36.4 Å². The number of carbonyl (C=O) groups excluding carboxylic acids is 1. The van der Waals surface area contributed by atoms with E-state index >= 15 is 0 Å². The lowest BCUT2D eigenvalue weighted by Gasteiger charge is -2.23. The molecule has 0 aliphatic heterocycles. The van der Waals surface area contributed by atoms with Crippen LogP contribution in [0.2, 0.25) is 0 Å². The third-order valence-electron chi connectivity index (χ3n) is 2.71. The third kappa shape index (κ3) is 4.00. The Balaban J connectivity index is 2.49. The molecule has 0 bridgehead atoms. The monoisotopic (exact) mass is 248 g/mol. The van der Waals surface area contributed by atoms with Crippen molar-refractivity contribution in [3.8, 4) is 0 Å². The van der Waals surface area contributed by atoms with Gasteiger partial charge in [-0.15, -0.1) is 6.58 Å². The van der Waals surface area contributed by atoms with Gasteiger partial charge in [-0.2, -0.15) is 0 Å². The van der Waals surface area contributed by atoms with Crippen LogP contribution in [0.1, 0.15) is 19.4 Å². The maximum atomic E-state index is 11.8. The molecule has 0 heterocycles. The number of hydrogen-bond acceptors (Lipinski definition) is 3. The minimum atomic E-state index is -0.787. The minimum absolute atomic E-state index is 0.268. The van der Waals surface area contributed by atoms with E-state index in [1.165, 1.54) is 0 Å². The summed E-state index contributed by atoms with van der Waals surface area (Å²) < 4.78 is 10.6. The van der Waals surface area contributed by atoms with Crippen LogP contribution >= 0.6 is 0 Å². The van der Waals surface area contributed by atoms with Crippen LogP contribution in [0.15, 0.2) is 43.0 Å². The smallest absolute Gasteiger partial charge is 0.317 e. The Hall–Kier alpha value is -1.61. The second kappa shape index (κ2) is 6.97. The van der Waals surface area contributed by atoms with Crippen LogP contribution in [0.3, 0.4) is 0 Å². The average Bonchev–Trinajstić information content (AvgIpc) is 2.40. The van der Waals surface area contributed by atoms with Crippen molar-refractivity contribution >= 4 is 5.97 Å². The normalized spacial score (nSPS) is 13.7. The third-order valence-corrected chi connectivity index (χ3v) is 2.71. The molecule has 1 atom stereocenters. The fraction of sp³-hybridized carbons (Fsp3) is 0.400. The van der Waals surface area contributed by atoms with Gasteiger partial charge in [0.2, 0.25) is 0 Å². The van der Waals surface area contributed by atoms with E-state index in [0.717, 1.165) is 5.56 Å². The van der Waals surface area contributed by atoms with E-state index in [4.69, 9.17) is 9.47 Å². The van der Waals surface area contributed by atoms with Gasteiger partial charge >= 0.3 is 5.97 Å². The van der Waals surface area contributed by atoms with Gasteiger partial charge < -0.3 is 9.47 Å². The first-order valence-corrected chi connectivity index (χ1v) is 6.05. The summed E-state index contributed by atoms with van der Waals surface area (Å²) in [4.78, 5) is 11.8. The van der Waals surface area contributed by atoms with Crippen LogP contribution < -0.4 is 0 Å². The number of esters is 1. The molecule has 0 spiro atoms. The molecule has 0 aromatic heterocycles. The Kier molecular flexibility index (Phi) is 5.59. The summed E-state index contributed by atoms with van der Waals surface area (Å²) in [5, 5.41) is 0. The number of benzene rings is 1. The highest BCUT2D eigenvalue weighted by atomic mass is 16.5. The fourth-order valence-corrected chi connectivity index (χ4v) is 1.45. The highest BCUT2D eigenvalue weighted by molar-refractivity contribution is 5.78. The molecule has 18 heavy (non-hydrogen) atoms. The molecule has 0 aliphatic carbocycles. The van der Waals surface area contributed by atoms with Crippen LogP contribution in [-0.2, 0) is 20.9 Å². The Morgan fingerprint density at radius 3 is 2.61 bits per heavy atom. The summed E-state index contributed by atoms with van der Waals surface area (Å²) in [5.41, 5.74) is 0.290. The van der Waals surface area contributed by atoms with Gasteiger partial charge in [0.15, 0.2) is 0 Å². The van der Waals surface area contributed by atoms with Crippen molar-refractivity contribution < 1.29 is 14.3 Å². The highest BCUT2D eigenvalue weighted by Crippen LogP contribution is 2.21. The molecule has 1 unspecified atom stereocenters. The topological polar surface area (TPSA) is 35.5 Å². The second-order valence-electron chi connectivity index (χ2n) is 4.32. The van der Waals surface area contributed by atoms with E-state index in [1.807, 2.05) is 30.3 Å². The first-order valence-electron chi connectivity index (χ1n) is 6.05. The van der Waals surface area contributed by atoms with Crippen molar-refractivity contribution in [3.63, 3.8) is 0 Å². The molecule has 3 heteroatoms. The largest absolute Gasteiger partial charge is 0.465 e. The van der Waals surface area contributed by atoms with Gasteiger partial charge in [-0.05, 0) is 19.4 Å². The summed E-state index contributed by atoms with van der Waals surface area (Å²) in [7, 11) is 0. The molecule has 0 saturated carbocycles. The molecule has 0 amide bonds. The minimum Gasteiger partial charge on any atom is -0.465 e. The quantitative estimate of drug-likeness (QED) is 0.549. The first-order chi connectivity index (χ1) is 8.62. The Morgan fingerprint density at radius 1 is 1.39 bits per heavy atom. The average molecular weight is 248 g/mol. The molecule has 0 fully saturated rings. The molecule has 0 aliphatic rings. The molecule has 1 rings (SSSR count). The number of hydrogen-bond donors (Lipinski definition) is 0. The molecule has 1 aromatic carbocycles. The number of carbonyl (C=O) groups is 1. The van der Waals surface area contributed by atoms with E-state index in [2.05, 4.69) is 6.58 Å². The lowest BCUT2D eigenvalue weighted by Crippen LogP contribution is -2.32. The zero-order valence-corrected chi connectivity index (χ0v) is 11.0. The molecular formula is C15H20O3. The van der Waals surface area contributed by atoms with Crippen molar-refractivity contribution in [2.24, 2.45) is 5.41 Å². The molecule has 1 aromatic rings. The number of rotatable bonds is 7. The van der Waals surface area contributed by atoms with E-state index in [-0.39, 0.29) is 12.6 Å². The second-order valence-corrected chi connectivity index (χ2v) is 4.32. The van der Waals surface area contributed by atoms with Gasteiger partial charge in [0, 0.05) is 0 Å². The van der Waals surface area contributed by atoms with E-state index < -0.39 is 5.41 Å². The molecule has 98 valence electrons. The van der Waals surface area contributed by atoms with Crippen LogP contribution in [0.5, 0.6) is 0 Å². The Bertz CT molecular complexity index is 386. The molecule has 0 saturated heterocycles. The number of ether oxygens (including phenoxy) is 2. The van der Waals surface area contributed by atoms with Crippen LogP contribution in [0.4, 0.5) is 0 Å². The van der Waals surface area contributed by atoms with Gasteiger partial charge in [-0.3, -0.25) is 4.79 Å². The maximum Gasteiger partial charge on any atom is 0.317 e. The fourth-order valence-electron chi connectivity index (χ4n) is 1.45. The molecule has 0 radical (unpaired) electrons. The lowest BCUT2D eigenvalue weighted by atomic mass is 9.92. The first kappa shape index (κ1) is 14.5. The predicted molar refractivity (Wildman–Crippen MR) is 71.0 cm³/mol. The van der Waals surface area contributed by atoms with Crippen LogP contribution in [-0.4, -0.2) is 19.2 Å². The van der Waals surface area contributed by atoms with Crippen LogP contribution in [0.25, 0.3) is 0 Å². The highest BCUT2D eigenvalue weighted by Gasteiger charge is 2.31. The molecule has 3 nitrogen and oxygen atoms in total. The van der Waals surface area contributed by atoms with Gasteiger partial charge in [0.1, 0.15) is 5.41 Å².